The van der Waals surface area contributed by atoms with E-state index in [0.29, 0.717) is 0 Å². The van der Waals surface area contributed by atoms with Crippen LogP contribution >= 0.6 is 0 Å². The quantitative estimate of drug-likeness (QED) is 0.531. The van der Waals surface area contributed by atoms with Crippen molar-refractivity contribution in [3.8, 4) is 5.75 Å². The summed E-state index contributed by atoms with van der Waals surface area (Å²) >= 11 is 0. The maximum Gasteiger partial charge on any atom is 0.217 e. The third-order valence-corrected chi connectivity index (χ3v) is 1.24. The first-order valence-corrected chi connectivity index (χ1v) is 2.74. The topological polar surface area (TPSA) is 19.9 Å². The van der Waals surface area contributed by atoms with Gasteiger partial charge in [-0.05, 0) is 18.6 Å². The summed E-state index contributed by atoms with van der Waals surface area (Å²) in [6.07, 6.45) is 0. The van der Waals surface area contributed by atoms with Crippen molar-refractivity contribution in [2.24, 2.45) is 0 Å². The van der Waals surface area contributed by atoms with Crippen molar-refractivity contribution >= 4 is 0 Å². The SMILES string of the molecule is Cc1ccc([O])c(F)c1F. The van der Waals surface area contributed by atoms with Gasteiger partial charge in [-0.1, -0.05) is 6.07 Å². The summed E-state index contributed by atoms with van der Waals surface area (Å²) < 4.78 is 24.7. The first-order chi connectivity index (χ1) is 4.63. The molecule has 0 fully saturated rings. The summed E-state index contributed by atoms with van der Waals surface area (Å²) in [4.78, 5) is 0. The van der Waals surface area contributed by atoms with Gasteiger partial charge in [0.05, 0.1) is 0 Å². The Balaban J connectivity index is 3.34. The molecule has 53 valence electrons. The lowest BCUT2D eigenvalue weighted by Gasteiger charge is -1.95. The first kappa shape index (κ1) is 6.99. The summed E-state index contributed by atoms with van der Waals surface area (Å²) in [7, 11) is 0. The summed E-state index contributed by atoms with van der Waals surface area (Å²) in [5.74, 6) is -3.24. The van der Waals surface area contributed by atoms with Crippen LogP contribution in [0.1, 0.15) is 5.56 Å². The number of benzene rings is 1. The van der Waals surface area contributed by atoms with Crippen LogP contribution in [0.5, 0.6) is 5.75 Å². The Hall–Kier alpha value is -1.12. The Morgan fingerprint density at radius 1 is 1.20 bits per heavy atom. The fraction of sp³-hybridized carbons (Fsp3) is 0.143. The Kier molecular flexibility index (Phi) is 1.57. The molecule has 0 unspecified atom stereocenters. The highest BCUT2D eigenvalue weighted by Gasteiger charge is 2.10. The lowest BCUT2D eigenvalue weighted by molar-refractivity contribution is 0.319. The zero-order valence-electron chi connectivity index (χ0n) is 5.32. The van der Waals surface area contributed by atoms with E-state index in [2.05, 4.69) is 0 Å². The Morgan fingerprint density at radius 2 is 1.80 bits per heavy atom. The Labute approximate surface area is 56.9 Å². The van der Waals surface area contributed by atoms with Gasteiger partial charge in [0.25, 0.3) is 0 Å². The van der Waals surface area contributed by atoms with E-state index in [0.717, 1.165) is 6.07 Å². The lowest BCUT2D eigenvalue weighted by Crippen LogP contribution is -1.87. The second-order valence-electron chi connectivity index (χ2n) is 2.01. The number of rotatable bonds is 0. The second-order valence-corrected chi connectivity index (χ2v) is 2.01. The van der Waals surface area contributed by atoms with Crippen LogP contribution in [0.4, 0.5) is 8.78 Å². The minimum atomic E-state index is -1.29. The van der Waals surface area contributed by atoms with Crippen LogP contribution < -0.4 is 0 Å². The summed E-state index contributed by atoms with van der Waals surface area (Å²) in [5.41, 5.74) is 0.150. The Morgan fingerprint density at radius 3 is 2.30 bits per heavy atom. The van der Waals surface area contributed by atoms with Crippen molar-refractivity contribution in [1.82, 2.24) is 0 Å². The molecule has 0 amide bonds. The molecule has 1 radical (unpaired) electrons. The molecule has 0 aromatic heterocycles. The van der Waals surface area contributed by atoms with E-state index in [1.54, 1.807) is 0 Å². The smallest absolute Gasteiger partial charge is 0.217 e. The summed E-state index contributed by atoms with van der Waals surface area (Å²) in [6, 6.07) is 2.26. The highest BCUT2D eigenvalue weighted by atomic mass is 19.2. The molecule has 0 bridgehead atoms. The molecule has 0 aliphatic heterocycles. The van der Waals surface area contributed by atoms with E-state index in [-0.39, 0.29) is 5.56 Å². The zero-order valence-corrected chi connectivity index (χ0v) is 5.32. The van der Waals surface area contributed by atoms with E-state index in [4.69, 9.17) is 0 Å². The molecule has 0 spiro atoms. The molecule has 1 aromatic carbocycles. The monoisotopic (exact) mass is 143 g/mol. The minimum Gasteiger partial charge on any atom is -0.287 e. The summed E-state index contributed by atoms with van der Waals surface area (Å²) in [5, 5.41) is 10.4. The van der Waals surface area contributed by atoms with E-state index >= 15 is 0 Å². The Bertz CT molecular complexity index is 231. The van der Waals surface area contributed by atoms with Crippen LogP contribution in [0.3, 0.4) is 0 Å². The standard InChI is InChI=1S/C7H5F2O/c1-4-2-3-5(10)7(9)6(4)8/h2-3H,1H3. The molecular weight excluding hydrogens is 138 g/mol. The fourth-order valence-corrected chi connectivity index (χ4v) is 0.628. The van der Waals surface area contributed by atoms with Crippen molar-refractivity contribution in [2.75, 3.05) is 0 Å². The highest BCUT2D eigenvalue weighted by molar-refractivity contribution is 5.28. The van der Waals surface area contributed by atoms with Crippen LogP contribution in [0.25, 0.3) is 0 Å². The largest absolute Gasteiger partial charge is 0.287 e. The molecular formula is C7H5F2O. The van der Waals surface area contributed by atoms with Crippen molar-refractivity contribution in [1.29, 1.82) is 0 Å². The van der Waals surface area contributed by atoms with E-state index < -0.39 is 17.4 Å². The van der Waals surface area contributed by atoms with Crippen LogP contribution in [0.15, 0.2) is 12.1 Å². The molecule has 1 rings (SSSR count). The van der Waals surface area contributed by atoms with Gasteiger partial charge in [-0.2, -0.15) is 4.39 Å². The van der Waals surface area contributed by atoms with Crippen molar-refractivity contribution < 1.29 is 13.9 Å². The van der Waals surface area contributed by atoms with Gasteiger partial charge in [0.2, 0.25) is 11.6 Å². The molecule has 1 aromatic rings. The van der Waals surface area contributed by atoms with Gasteiger partial charge in [0.15, 0.2) is 5.82 Å². The van der Waals surface area contributed by atoms with Gasteiger partial charge >= 0.3 is 0 Å². The van der Waals surface area contributed by atoms with Crippen LogP contribution in [-0.2, 0) is 5.11 Å². The number of halogens is 2. The van der Waals surface area contributed by atoms with E-state index in [1.807, 2.05) is 0 Å². The first-order valence-electron chi connectivity index (χ1n) is 2.74. The van der Waals surface area contributed by atoms with Gasteiger partial charge in [-0.3, -0.25) is 5.11 Å². The van der Waals surface area contributed by atoms with Crippen molar-refractivity contribution in [3.05, 3.63) is 29.3 Å². The van der Waals surface area contributed by atoms with Crippen LogP contribution in [0, 0.1) is 18.6 Å². The van der Waals surface area contributed by atoms with Crippen LogP contribution in [-0.4, -0.2) is 0 Å². The van der Waals surface area contributed by atoms with Crippen molar-refractivity contribution in [2.45, 2.75) is 6.92 Å². The van der Waals surface area contributed by atoms with Gasteiger partial charge in [0.1, 0.15) is 0 Å². The molecule has 0 heterocycles. The average molecular weight is 143 g/mol. The molecule has 0 aliphatic rings. The predicted molar refractivity (Wildman–Crippen MR) is 31.2 cm³/mol. The van der Waals surface area contributed by atoms with Gasteiger partial charge in [0, 0.05) is 0 Å². The highest BCUT2D eigenvalue weighted by Crippen LogP contribution is 2.20. The third kappa shape index (κ3) is 0.943. The van der Waals surface area contributed by atoms with Gasteiger partial charge < -0.3 is 0 Å². The summed E-state index contributed by atoms with van der Waals surface area (Å²) in [6.45, 7) is 1.40. The molecule has 0 saturated heterocycles. The minimum absolute atomic E-state index is 0.150. The lowest BCUT2D eigenvalue weighted by atomic mass is 10.2. The molecule has 0 N–H and O–H groups in total. The maximum atomic E-state index is 12.4. The predicted octanol–water partition coefficient (Wildman–Crippen LogP) is 2.42. The maximum absolute atomic E-state index is 12.4. The number of aryl methyl sites for hydroxylation is 1. The molecule has 10 heavy (non-hydrogen) atoms. The van der Waals surface area contributed by atoms with Gasteiger partial charge in [-0.25, -0.2) is 4.39 Å². The third-order valence-electron chi connectivity index (χ3n) is 1.24. The molecule has 0 aliphatic carbocycles. The second kappa shape index (κ2) is 2.25. The van der Waals surface area contributed by atoms with E-state index in [9.17, 15) is 13.9 Å². The molecule has 1 nitrogen and oxygen atoms in total. The molecule has 3 heteroatoms. The average Bonchev–Trinajstić information content (AvgIpc) is 1.93. The van der Waals surface area contributed by atoms with E-state index in [1.165, 1.54) is 13.0 Å². The van der Waals surface area contributed by atoms with Crippen LogP contribution in [0.2, 0.25) is 0 Å². The van der Waals surface area contributed by atoms with Crippen molar-refractivity contribution in [3.63, 3.8) is 0 Å². The molecule has 0 atom stereocenters. The number of hydrogen-bond donors (Lipinski definition) is 0. The number of hydrogen-bond acceptors (Lipinski definition) is 0. The van der Waals surface area contributed by atoms with Gasteiger partial charge in [-0.15, -0.1) is 0 Å². The molecule has 0 saturated carbocycles. The fourth-order valence-electron chi connectivity index (χ4n) is 0.628. The normalized spacial score (nSPS) is 9.90. The zero-order chi connectivity index (χ0) is 7.72.